The van der Waals surface area contributed by atoms with Crippen molar-refractivity contribution < 1.29 is 14.3 Å². The van der Waals surface area contributed by atoms with E-state index in [2.05, 4.69) is 13.2 Å². The van der Waals surface area contributed by atoms with E-state index in [0.717, 1.165) is 11.1 Å². The first-order valence-electron chi connectivity index (χ1n) is 5.75. The maximum atomic E-state index is 11.2. The molecule has 1 atom stereocenters. The van der Waals surface area contributed by atoms with Gasteiger partial charge in [0.15, 0.2) is 11.7 Å². The molecule has 0 saturated carbocycles. The predicted molar refractivity (Wildman–Crippen MR) is 70.0 cm³/mol. The minimum atomic E-state index is -0.716. The number of carbonyl (C=O) groups is 1. The van der Waals surface area contributed by atoms with Crippen LogP contribution in [-0.4, -0.2) is 17.9 Å². The van der Waals surface area contributed by atoms with Crippen LogP contribution in [0.4, 0.5) is 4.79 Å². The van der Waals surface area contributed by atoms with Crippen LogP contribution in [0.1, 0.15) is 19.4 Å². The number of hydrogen-bond acceptors (Lipinski definition) is 3. The molecule has 1 aromatic rings. The molecule has 94 valence electrons. The zero-order chi connectivity index (χ0) is 13.3. The molecule has 0 amide bonds. The Kier molecular flexibility index (Phi) is 2.99. The van der Waals surface area contributed by atoms with Crippen LogP contribution in [-0.2, 0) is 9.47 Å². The van der Waals surface area contributed by atoms with Crippen LogP contribution in [0, 0.1) is 0 Å². The molecule has 0 aromatic heterocycles. The molecule has 3 nitrogen and oxygen atoms in total. The first-order valence-corrected chi connectivity index (χ1v) is 5.75. The van der Waals surface area contributed by atoms with Crippen LogP contribution in [0.2, 0.25) is 0 Å². The number of cyclic esters (lactones) is 2. The molecule has 1 unspecified atom stereocenters. The van der Waals surface area contributed by atoms with Gasteiger partial charge in [0.2, 0.25) is 0 Å². The van der Waals surface area contributed by atoms with Crippen molar-refractivity contribution in [1.29, 1.82) is 0 Å². The molecule has 2 rings (SSSR count). The maximum Gasteiger partial charge on any atom is 0.509 e. The molecule has 0 bridgehead atoms. The Hall–Kier alpha value is -2.03. The molecule has 1 heterocycles. The van der Waals surface area contributed by atoms with Crippen LogP contribution in [0.3, 0.4) is 0 Å². The van der Waals surface area contributed by atoms with E-state index in [1.807, 2.05) is 30.3 Å². The fourth-order valence-electron chi connectivity index (χ4n) is 2.00. The predicted octanol–water partition coefficient (Wildman–Crippen LogP) is 3.57. The Morgan fingerprint density at radius 2 is 1.83 bits per heavy atom. The summed E-state index contributed by atoms with van der Waals surface area (Å²) in [5, 5.41) is 0. The maximum absolute atomic E-state index is 11.2. The molecule has 0 N–H and O–H groups in total. The van der Waals surface area contributed by atoms with Crippen LogP contribution in [0.25, 0.3) is 5.57 Å². The highest BCUT2D eigenvalue weighted by molar-refractivity contribution is 5.79. The lowest BCUT2D eigenvalue weighted by Gasteiger charge is -2.24. The van der Waals surface area contributed by atoms with Crippen LogP contribution in [0.15, 0.2) is 49.1 Å². The molecule has 1 aliphatic rings. The molecule has 0 radical (unpaired) electrons. The van der Waals surface area contributed by atoms with Crippen molar-refractivity contribution in [2.75, 3.05) is 0 Å². The van der Waals surface area contributed by atoms with Gasteiger partial charge in [0.25, 0.3) is 0 Å². The van der Waals surface area contributed by atoms with E-state index in [0.29, 0.717) is 5.57 Å². The molecule has 1 aromatic carbocycles. The summed E-state index contributed by atoms with van der Waals surface area (Å²) in [4.78, 5) is 11.2. The smallest absolute Gasteiger partial charge is 0.424 e. The molecular formula is C15H16O3. The highest BCUT2D eigenvalue weighted by atomic mass is 16.8. The third-order valence-electron chi connectivity index (χ3n) is 3.02. The first kappa shape index (κ1) is 12.4. The minimum Gasteiger partial charge on any atom is -0.424 e. The van der Waals surface area contributed by atoms with Gasteiger partial charge in [-0.25, -0.2) is 4.79 Å². The Morgan fingerprint density at radius 1 is 1.22 bits per heavy atom. The fourth-order valence-corrected chi connectivity index (χ4v) is 2.00. The molecule has 0 aliphatic carbocycles. The van der Waals surface area contributed by atoms with Crippen LogP contribution in [0.5, 0.6) is 0 Å². The van der Waals surface area contributed by atoms with Crippen molar-refractivity contribution in [3.8, 4) is 0 Å². The van der Waals surface area contributed by atoms with E-state index >= 15 is 0 Å². The Morgan fingerprint density at radius 3 is 2.33 bits per heavy atom. The molecular weight excluding hydrogens is 228 g/mol. The average Bonchev–Trinajstić information content (AvgIpc) is 2.61. The summed E-state index contributed by atoms with van der Waals surface area (Å²) in [6.45, 7) is 11.6. The van der Waals surface area contributed by atoms with Gasteiger partial charge < -0.3 is 9.47 Å². The number of ether oxygens (including phenoxy) is 2. The zero-order valence-corrected chi connectivity index (χ0v) is 10.6. The molecule has 1 saturated heterocycles. The third-order valence-corrected chi connectivity index (χ3v) is 3.02. The van der Waals surface area contributed by atoms with Gasteiger partial charge in [0.1, 0.15) is 0 Å². The minimum absolute atomic E-state index is 0.502. The van der Waals surface area contributed by atoms with E-state index in [1.54, 1.807) is 13.8 Å². The second-order valence-corrected chi connectivity index (χ2v) is 4.82. The number of rotatable bonds is 3. The van der Waals surface area contributed by atoms with Crippen LogP contribution >= 0.6 is 0 Å². The largest absolute Gasteiger partial charge is 0.509 e. The standard InChI is InChI=1S/C15H16O3/c1-10(12-8-6-5-7-9-12)11(2)13-15(3,4)18-14(16)17-13/h5-9,13H,1-2H2,3-4H3. The molecule has 3 heteroatoms. The number of hydrogen-bond donors (Lipinski definition) is 0. The van der Waals surface area contributed by atoms with Gasteiger partial charge in [-0.1, -0.05) is 43.5 Å². The highest BCUT2D eigenvalue weighted by Crippen LogP contribution is 2.35. The van der Waals surface area contributed by atoms with Crippen molar-refractivity contribution >= 4 is 11.7 Å². The zero-order valence-electron chi connectivity index (χ0n) is 10.6. The van der Waals surface area contributed by atoms with Crippen molar-refractivity contribution in [3.63, 3.8) is 0 Å². The lowest BCUT2D eigenvalue weighted by atomic mass is 9.89. The third kappa shape index (κ3) is 2.16. The summed E-state index contributed by atoms with van der Waals surface area (Å²) in [6.07, 6.45) is -1.16. The van der Waals surface area contributed by atoms with Crippen LogP contribution < -0.4 is 0 Å². The van der Waals surface area contributed by atoms with Crippen molar-refractivity contribution in [2.24, 2.45) is 0 Å². The summed E-state index contributed by atoms with van der Waals surface area (Å²) in [7, 11) is 0. The summed E-state index contributed by atoms with van der Waals surface area (Å²) >= 11 is 0. The van der Waals surface area contributed by atoms with Crippen molar-refractivity contribution in [3.05, 3.63) is 54.6 Å². The second kappa shape index (κ2) is 4.33. The normalized spacial score (nSPS) is 21.0. The van der Waals surface area contributed by atoms with Gasteiger partial charge in [-0.3, -0.25) is 0 Å². The van der Waals surface area contributed by atoms with Gasteiger partial charge in [-0.15, -0.1) is 0 Å². The lowest BCUT2D eigenvalue weighted by Crippen LogP contribution is -2.34. The molecule has 1 fully saturated rings. The van der Waals surface area contributed by atoms with Gasteiger partial charge in [0, 0.05) is 0 Å². The quantitative estimate of drug-likeness (QED) is 0.602. The molecule has 1 aliphatic heterocycles. The Balaban J connectivity index is 2.23. The summed E-state index contributed by atoms with van der Waals surface area (Å²) in [5.74, 6) is 0. The molecule has 18 heavy (non-hydrogen) atoms. The van der Waals surface area contributed by atoms with Gasteiger partial charge >= 0.3 is 6.16 Å². The average molecular weight is 244 g/mol. The van der Waals surface area contributed by atoms with E-state index < -0.39 is 17.9 Å². The fraction of sp³-hybridized carbons (Fsp3) is 0.267. The van der Waals surface area contributed by atoms with E-state index in [-0.39, 0.29) is 0 Å². The van der Waals surface area contributed by atoms with Gasteiger partial charge in [0.05, 0.1) is 0 Å². The second-order valence-electron chi connectivity index (χ2n) is 4.82. The first-order chi connectivity index (χ1) is 8.42. The van der Waals surface area contributed by atoms with Gasteiger partial charge in [-0.2, -0.15) is 0 Å². The summed E-state index contributed by atoms with van der Waals surface area (Å²) in [6, 6.07) is 9.67. The lowest BCUT2D eigenvalue weighted by molar-refractivity contribution is 0.0753. The topological polar surface area (TPSA) is 35.5 Å². The van der Waals surface area contributed by atoms with E-state index in [4.69, 9.17) is 9.47 Å². The number of benzene rings is 1. The van der Waals surface area contributed by atoms with Crippen molar-refractivity contribution in [2.45, 2.75) is 25.6 Å². The monoisotopic (exact) mass is 244 g/mol. The van der Waals surface area contributed by atoms with E-state index in [9.17, 15) is 4.79 Å². The summed E-state index contributed by atoms with van der Waals surface area (Å²) < 4.78 is 10.3. The summed E-state index contributed by atoms with van der Waals surface area (Å²) in [5.41, 5.74) is 1.66. The Labute approximate surface area is 107 Å². The van der Waals surface area contributed by atoms with Crippen molar-refractivity contribution in [1.82, 2.24) is 0 Å². The SMILES string of the molecule is C=C(C(=C)C1OC(=O)OC1(C)C)c1ccccc1. The molecule has 0 spiro atoms. The van der Waals surface area contributed by atoms with E-state index in [1.165, 1.54) is 0 Å². The van der Waals surface area contributed by atoms with Gasteiger partial charge in [-0.05, 0) is 30.6 Å². The highest BCUT2D eigenvalue weighted by Gasteiger charge is 2.45. The Bertz CT molecular complexity index is 500. The number of carbonyl (C=O) groups excluding carboxylic acids is 1.